The van der Waals surface area contributed by atoms with E-state index in [4.69, 9.17) is 33.7 Å². The lowest BCUT2D eigenvalue weighted by Gasteiger charge is -2.10. The maximum absolute atomic E-state index is 6.13. The third kappa shape index (κ3) is 2.95. The molecule has 0 saturated heterocycles. The molecule has 0 aliphatic carbocycles. The molecule has 0 radical (unpaired) electrons. The number of halogens is 3. The molecule has 18 heavy (non-hydrogen) atoms. The van der Waals surface area contributed by atoms with Gasteiger partial charge in [-0.05, 0) is 29.8 Å². The standard InChI is InChI=1S/C12H9BrCl2N2O/c13-8-1-2-9(14)10(5-8)18-12-11(15)7(6-16)3-4-17-12/h1-5H,6,16H2. The van der Waals surface area contributed by atoms with Crippen LogP contribution < -0.4 is 10.5 Å². The molecule has 1 aromatic heterocycles. The van der Waals surface area contributed by atoms with Gasteiger partial charge in [0.05, 0.1) is 5.02 Å². The van der Waals surface area contributed by atoms with E-state index in [1.807, 2.05) is 6.07 Å². The van der Waals surface area contributed by atoms with Crippen molar-refractivity contribution in [3.63, 3.8) is 0 Å². The van der Waals surface area contributed by atoms with Crippen molar-refractivity contribution in [3.8, 4) is 11.6 Å². The van der Waals surface area contributed by atoms with E-state index in [9.17, 15) is 0 Å². The van der Waals surface area contributed by atoms with Gasteiger partial charge >= 0.3 is 0 Å². The van der Waals surface area contributed by atoms with Gasteiger partial charge in [0.1, 0.15) is 10.8 Å². The first kappa shape index (κ1) is 13.6. The molecule has 0 unspecified atom stereocenters. The average Bonchev–Trinajstić information content (AvgIpc) is 2.36. The SMILES string of the molecule is NCc1ccnc(Oc2cc(Br)ccc2Cl)c1Cl. The molecular formula is C12H9BrCl2N2O. The second kappa shape index (κ2) is 5.89. The van der Waals surface area contributed by atoms with Crippen molar-refractivity contribution in [2.45, 2.75) is 6.54 Å². The van der Waals surface area contributed by atoms with Crippen LogP contribution in [0.2, 0.25) is 10.0 Å². The van der Waals surface area contributed by atoms with E-state index in [-0.39, 0.29) is 0 Å². The van der Waals surface area contributed by atoms with Gasteiger partial charge in [-0.2, -0.15) is 0 Å². The predicted molar refractivity (Wildman–Crippen MR) is 76.4 cm³/mol. The number of hydrogen-bond acceptors (Lipinski definition) is 3. The van der Waals surface area contributed by atoms with E-state index < -0.39 is 0 Å². The highest BCUT2D eigenvalue weighted by Crippen LogP contribution is 2.35. The minimum atomic E-state index is 0.291. The summed E-state index contributed by atoms with van der Waals surface area (Å²) in [7, 11) is 0. The largest absolute Gasteiger partial charge is 0.436 e. The van der Waals surface area contributed by atoms with E-state index in [0.29, 0.717) is 28.2 Å². The number of aromatic nitrogens is 1. The first-order valence-electron chi connectivity index (χ1n) is 5.08. The number of ether oxygens (including phenoxy) is 1. The van der Waals surface area contributed by atoms with Gasteiger partial charge in [-0.3, -0.25) is 0 Å². The van der Waals surface area contributed by atoms with Crippen LogP contribution in [-0.2, 0) is 6.54 Å². The van der Waals surface area contributed by atoms with Crippen LogP contribution in [0.1, 0.15) is 5.56 Å². The maximum atomic E-state index is 6.13. The number of nitrogens with two attached hydrogens (primary N) is 1. The Balaban J connectivity index is 2.37. The molecule has 2 rings (SSSR count). The predicted octanol–water partition coefficient (Wildman–Crippen LogP) is 4.40. The van der Waals surface area contributed by atoms with E-state index in [2.05, 4.69) is 20.9 Å². The second-order valence-corrected chi connectivity index (χ2v) is 5.17. The zero-order valence-electron chi connectivity index (χ0n) is 9.16. The Morgan fingerprint density at radius 1 is 1.28 bits per heavy atom. The van der Waals surface area contributed by atoms with Crippen LogP contribution in [0.15, 0.2) is 34.9 Å². The fraction of sp³-hybridized carbons (Fsp3) is 0.0833. The Kier molecular flexibility index (Phi) is 4.45. The van der Waals surface area contributed by atoms with Crippen molar-refractivity contribution in [1.82, 2.24) is 4.98 Å². The summed E-state index contributed by atoms with van der Waals surface area (Å²) in [6.07, 6.45) is 1.59. The highest BCUT2D eigenvalue weighted by molar-refractivity contribution is 9.10. The number of benzene rings is 1. The first-order valence-corrected chi connectivity index (χ1v) is 6.63. The van der Waals surface area contributed by atoms with Gasteiger partial charge in [0.15, 0.2) is 0 Å². The zero-order chi connectivity index (χ0) is 13.1. The molecule has 0 amide bonds. The van der Waals surface area contributed by atoms with E-state index >= 15 is 0 Å². The topological polar surface area (TPSA) is 48.1 Å². The van der Waals surface area contributed by atoms with Gasteiger partial charge < -0.3 is 10.5 Å². The molecule has 0 fully saturated rings. The Hall–Kier alpha value is -0.810. The smallest absolute Gasteiger partial charge is 0.238 e. The van der Waals surface area contributed by atoms with Gasteiger partial charge in [0.2, 0.25) is 5.88 Å². The number of rotatable bonds is 3. The lowest BCUT2D eigenvalue weighted by molar-refractivity contribution is 0.462. The quantitative estimate of drug-likeness (QED) is 0.894. The Morgan fingerprint density at radius 2 is 2.06 bits per heavy atom. The molecular weight excluding hydrogens is 339 g/mol. The Bertz CT molecular complexity index is 578. The molecule has 0 saturated carbocycles. The van der Waals surface area contributed by atoms with Gasteiger partial charge in [-0.25, -0.2) is 4.98 Å². The molecule has 0 atom stereocenters. The van der Waals surface area contributed by atoms with Gasteiger partial charge in [-0.1, -0.05) is 39.1 Å². The molecule has 1 heterocycles. The summed E-state index contributed by atoms with van der Waals surface area (Å²) in [6, 6.07) is 7.04. The molecule has 2 aromatic rings. The van der Waals surface area contributed by atoms with Crippen molar-refractivity contribution in [2.75, 3.05) is 0 Å². The fourth-order valence-electron chi connectivity index (χ4n) is 1.35. The number of hydrogen-bond donors (Lipinski definition) is 1. The van der Waals surface area contributed by atoms with Crippen LogP contribution in [0.25, 0.3) is 0 Å². The lowest BCUT2D eigenvalue weighted by Crippen LogP contribution is -1.99. The minimum Gasteiger partial charge on any atom is -0.436 e. The van der Waals surface area contributed by atoms with Gasteiger partial charge in [0.25, 0.3) is 0 Å². The van der Waals surface area contributed by atoms with Crippen LogP contribution in [0.4, 0.5) is 0 Å². The monoisotopic (exact) mass is 346 g/mol. The maximum Gasteiger partial charge on any atom is 0.238 e. The Labute approximate surface area is 123 Å². The van der Waals surface area contributed by atoms with Crippen molar-refractivity contribution in [2.24, 2.45) is 5.73 Å². The van der Waals surface area contributed by atoms with Crippen molar-refractivity contribution >= 4 is 39.1 Å². The molecule has 94 valence electrons. The van der Waals surface area contributed by atoms with Gasteiger partial charge in [0, 0.05) is 17.2 Å². The zero-order valence-corrected chi connectivity index (χ0v) is 12.3. The molecule has 0 aliphatic rings. The second-order valence-electron chi connectivity index (χ2n) is 3.47. The highest BCUT2D eigenvalue weighted by atomic mass is 79.9. The molecule has 3 nitrogen and oxygen atoms in total. The minimum absolute atomic E-state index is 0.291. The molecule has 0 spiro atoms. The normalized spacial score (nSPS) is 10.4. The number of pyridine rings is 1. The summed E-state index contributed by atoms with van der Waals surface area (Å²) >= 11 is 15.5. The third-order valence-corrected chi connectivity index (χ3v) is 3.47. The van der Waals surface area contributed by atoms with Crippen LogP contribution in [-0.4, -0.2) is 4.98 Å². The van der Waals surface area contributed by atoms with E-state index in [1.54, 1.807) is 24.4 Å². The molecule has 6 heteroatoms. The fourth-order valence-corrected chi connectivity index (χ4v) is 2.07. The Morgan fingerprint density at radius 3 is 2.78 bits per heavy atom. The van der Waals surface area contributed by atoms with Crippen LogP contribution in [0.5, 0.6) is 11.6 Å². The molecule has 0 bridgehead atoms. The van der Waals surface area contributed by atoms with Crippen molar-refractivity contribution in [1.29, 1.82) is 0 Å². The first-order chi connectivity index (χ1) is 8.61. The van der Waals surface area contributed by atoms with Crippen LogP contribution in [0, 0.1) is 0 Å². The summed E-state index contributed by atoms with van der Waals surface area (Å²) < 4.78 is 6.46. The van der Waals surface area contributed by atoms with Crippen molar-refractivity contribution < 1.29 is 4.74 Å². The third-order valence-electron chi connectivity index (χ3n) is 2.26. The average molecular weight is 348 g/mol. The van der Waals surface area contributed by atoms with Gasteiger partial charge in [-0.15, -0.1) is 0 Å². The summed E-state index contributed by atoms with van der Waals surface area (Å²) in [5.74, 6) is 0.772. The summed E-state index contributed by atoms with van der Waals surface area (Å²) in [4.78, 5) is 4.07. The summed E-state index contributed by atoms with van der Waals surface area (Å²) in [6.45, 7) is 0.323. The number of nitrogens with zero attached hydrogens (tertiary/aromatic N) is 1. The molecule has 2 N–H and O–H groups in total. The van der Waals surface area contributed by atoms with E-state index in [0.717, 1.165) is 10.0 Å². The summed E-state index contributed by atoms with van der Waals surface area (Å²) in [5, 5.41) is 0.880. The van der Waals surface area contributed by atoms with E-state index in [1.165, 1.54) is 0 Å². The van der Waals surface area contributed by atoms with Crippen LogP contribution in [0.3, 0.4) is 0 Å². The summed E-state index contributed by atoms with van der Waals surface area (Å²) in [5.41, 5.74) is 6.34. The van der Waals surface area contributed by atoms with Crippen molar-refractivity contribution in [3.05, 3.63) is 50.5 Å². The molecule has 1 aromatic carbocycles. The molecule has 0 aliphatic heterocycles. The highest BCUT2D eigenvalue weighted by Gasteiger charge is 2.11. The van der Waals surface area contributed by atoms with Crippen LogP contribution >= 0.6 is 39.1 Å². The lowest BCUT2D eigenvalue weighted by atomic mass is 10.2.